The van der Waals surface area contributed by atoms with Gasteiger partial charge in [-0.3, -0.25) is 9.69 Å². The van der Waals surface area contributed by atoms with Crippen molar-refractivity contribution in [1.29, 1.82) is 0 Å². The molecule has 46 heavy (non-hydrogen) atoms. The number of hydrogen-bond acceptors (Lipinski definition) is 6. The summed E-state index contributed by atoms with van der Waals surface area (Å²) < 4.78 is 12.0. The monoisotopic (exact) mass is 645 g/mol. The molecule has 9 nitrogen and oxygen atoms in total. The van der Waals surface area contributed by atoms with Gasteiger partial charge in [0.05, 0.1) is 34.9 Å². The summed E-state index contributed by atoms with van der Waals surface area (Å²) in [4.78, 5) is 40.4. The van der Waals surface area contributed by atoms with E-state index in [9.17, 15) is 9.59 Å². The highest BCUT2D eigenvalue weighted by Gasteiger charge is 2.67. The van der Waals surface area contributed by atoms with Crippen molar-refractivity contribution in [3.63, 3.8) is 0 Å². The zero-order chi connectivity index (χ0) is 33.8. The number of carbonyl (C=O) groups is 2. The molecule has 5 rings (SSSR count). The third-order valence-corrected chi connectivity index (χ3v) is 9.67. The SMILES string of the molecule is [C-]#[N+]c1ccc(OC2C(C)(C)C(N3Cc4nc(C#CC(C)(C)N5CCN(C(=O)OC(C)(C)C)CC5)ccc4C3=O)C2(C)C)cc1Cl. The van der Waals surface area contributed by atoms with Gasteiger partial charge in [0.25, 0.3) is 5.91 Å². The lowest BCUT2D eigenvalue weighted by Gasteiger charge is -2.65. The first-order valence-corrected chi connectivity index (χ1v) is 16.1. The van der Waals surface area contributed by atoms with Gasteiger partial charge in [0.2, 0.25) is 5.69 Å². The number of aromatic nitrogens is 1. The van der Waals surface area contributed by atoms with Crippen LogP contribution in [-0.2, 0) is 11.3 Å². The van der Waals surface area contributed by atoms with Gasteiger partial charge >= 0.3 is 6.09 Å². The molecule has 2 fully saturated rings. The van der Waals surface area contributed by atoms with Crippen LogP contribution in [0.3, 0.4) is 0 Å². The molecule has 3 aliphatic rings. The van der Waals surface area contributed by atoms with Gasteiger partial charge in [-0.05, 0) is 64.8 Å². The average Bonchev–Trinajstić information content (AvgIpc) is 3.28. The highest BCUT2D eigenvalue weighted by atomic mass is 35.5. The maximum atomic E-state index is 13.7. The van der Waals surface area contributed by atoms with Crippen molar-refractivity contribution < 1.29 is 19.1 Å². The average molecular weight is 646 g/mol. The number of halogens is 1. The normalized spacial score (nSPS) is 22.2. The van der Waals surface area contributed by atoms with E-state index < -0.39 is 11.1 Å². The minimum absolute atomic E-state index is 0.0285. The Balaban J connectivity index is 1.25. The molecule has 0 bridgehead atoms. The van der Waals surface area contributed by atoms with Gasteiger partial charge in [-0.25, -0.2) is 14.6 Å². The van der Waals surface area contributed by atoms with E-state index in [0.29, 0.717) is 60.4 Å². The predicted molar refractivity (Wildman–Crippen MR) is 178 cm³/mol. The number of rotatable bonds is 4. The van der Waals surface area contributed by atoms with Crippen molar-refractivity contribution in [3.8, 4) is 17.6 Å². The number of ether oxygens (including phenoxy) is 2. The van der Waals surface area contributed by atoms with Crippen molar-refractivity contribution in [2.24, 2.45) is 10.8 Å². The van der Waals surface area contributed by atoms with Crippen LogP contribution < -0.4 is 4.74 Å². The van der Waals surface area contributed by atoms with Crippen LogP contribution in [0.15, 0.2) is 30.3 Å². The van der Waals surface area contributed by atoms with Crippen LogP contribution in [-0.4, -0.2) is 81.1 Å². The molecule has 0 atom stereocenters. The van der Waals surface area contributed by atoms with E-state index in [0.717, 1.165) is 5.69 Å². The third kappa shape index (κ3) is 6.28. The van der Waals surface area contributed by atoms with Gasteiger partial charge in [-0.2, -0.15) is 0 Å². The van der Waals surface area contributed by atoms with Gasteiger partial charge in [0.15, 0.2) is 0 Å². The molecule has 2 amide bonds. The standard InChI is InChI=1S/C36H44ClN5O4/c1-33(2,3)46-32(44)40-17-19-41(20-18-40)34(4,5)16-15-23-11-13-25-28(39-23)22-42(29(25)43)30-35(6,7)31(36(30,8)9)45-24-12-14-27(38-10)26(37)21-24/h11-14,21,30-31H,17-20,22H2,1-9H3. The number of amides is 2. The second-order valence-electron chi connectivity index (χ2n) is 15.2. The Bertz CT molecular complexity index is 1630. The Labute approximate surface area is 278 Å². The zero-order valence-corrected chi connectivity index (χ0v) is 29.1. The van der Waals surface area contributed by atoms with E-state index in [-0.39, 0.29) is 35.0 Å². The van der Waals surface area contributed by atoms with Crippen LogP contribution in [0.1, 0.15) is 84.1 Å². The number of carbonyl (C=O) groups excluding carboxylic acids is 2. The number of piperazine rings is 1. The van der Waals surface area contributed by atoms with Crippen molar-refractivity contribution in [2.45, 2.75) is 92.1 Å². The first kappa shape index (κ1) is 33.6. The van der Waals surface area contributed by atoms with Gasteiger partial charge in [-0.1, -0.05) is 51.3 Å². The summed E-state index contributed by atoms with van der Waals surface area (Å²) in [6, 6.07) is 8.70. The van der Waals surface area contributed by atoms with E-state index in [2.05, 4.69) is 63.1 Å². The quantitative estimate of drug-likeness (QED) is 0.269. The van der Waals surface area contributed by atoms with Crippen molar-refractivity contribution >= 4 is 29.3 Å². The Kier molecular flexibility index (Phi) is 8.60. The summed E-state index contributed by atoms with van der Waals surface area (Å²) in [6.07, 6.45) is -0.463. The maximum Gasteiger partial charge on any atom is 0.410 e. The molecule has 0 unspecified atom stereocenters. The second kappa shape index (κ2) is 11.8. The van der Waals surface area contributed by atoms with Crippen LogP contribution in [0.5, 0.6) is 5.75 Å². The Hall–Kier alpha value is -3.79. The van der Waals surface area contributed by atoms with Crippen molar-refractivity contribution in [2.75, 3.05) is 26.2 Å². The molecule has 3 heterocycles. The lowest BCUT2D eigenvalue weighted by Crippen LogP contribution is -2.74. The van der Waals surface area contributed by atoms with E-state index in [1.54, 1.807) is 23.1 Å². The molecule has 1 aromatic carbocycles. The minimum atomic E-state index is -0.520. The molecule has 10 heteroatoms. The highest BCUT2D eigenvalue weighted by Crippen LogP contribution is 2.59. The molecule has 0 radical (unpaired) electrons. The number of fused-ring (bicyclic) bond motifs is 1. The summed E-state index contributed by atoms with van der Waals surface area (Å²) in [5.74, 6) is 7.23. The number of nitrogens with zero attached hydrogens (tertiary/aromatic N) is 5. The summed E-state index contributed by atoms with van der Waals surface area (Å²) in [6.45, 7) is 28.5. The predicted octanol–water partition coefficient (Wildman–Crippen LogP) is 6.81. The van der Waals surface area contributed by atoms with Crippen molar-refractivity contribution in [3.05, 3.63) is 63.7 Å². The molecule has 2 aliphatic heterocycles. The molecular weight excluding hydrogens is 602 g/mol. The minimum Gasteiger partial charge on any atom is -0.489 e. The lowest BCUT2D eigenvalue weighted by molar-refractivity contribution is -0.199. The molecule has 0 N–H and O–H groups in total. The number of pyridine rings is 1. The molecule has 2 aromatic rings. The maximum absolute atomic E-state index is 13.7. The first-order valence-electron chi connectivity index (χ1n) is 15.8. The molecule has 1 aliphatic carbocycles. The van der Waals surface area contributed by atoms with Gasteiger partial charge in [0.1, 0.15) is 23.1 Å². The van der Waals surface area contributed by atoms with Crippen LogP contribution in [0, 0.1) is 29.2 Å². The molecule has 1 saturated carbocycles. The highest BCUT2D eigenvalue weighted by molar-refractivity contribution is 6.33. The Morgan fingerprint density at radius 1 is 1.04 bits per heavy atom. The van der Waals surface area contributed by atoms with E-state index in [4.69, 9.17) is 32.6 Å². The largest absolute Gasteiger partial charge is 0.489 e. The molecule has 1 saturated heterocycles. The summed E-state index contributed by atoms with van der Waals surface area (Å²) in [7, 11) is 0. The van der Waals surface area contributed by atoms with Crippen LogP contribution in [0.2, 0.25) is 5.02 Å². The lowest BCUT2D eigenvalue weighted by atomic mass is 9.49. The topological polar surface area (TPSA) is 79.6 Å². The van der Waals surface area contributed by atoms with Crippen LogP contribution >= 0.6 is 11.6 Å². The second-order valence-corrected chi connectivity index (χ2v) is 15.6. The third-order valence-electron chi connectivity index (χ3n) is 9.37. The van der Waals surface area contributed by atoms with E-state index in [1.165, 1.54) is 0 Å². The Morgan fingerprint density at radius 3 is 2.28 bits per heavy atom. The first-order chi connectivity index (χ1) is 21.3. The zero-order valence-electron chi connectivity index (χ0n) is 28.3. The summed E-state index contributed by atoms with van der Waals surface area (Å²) in [5.41, 5.74) is 0.697. The molecule has 1 aromatic heterocycles. The smallest absolute Gasteiger partial charge is 0.410 e. The fraction of sp³-hybridized carbons (Fsp3) is 0.556. The van der Waals surface area contributed by atoms with Gasteiger partial charge < -0.3 is 19.3 Å². The number of benzene rings is 1. The van der Waals surface area contributed by atoms with Crippen molar-refractivity contribution in [1.82, 2.24) is 19.7 Å². The summed E-state index contributed by atoms with van der Waals surface area (Å²) in [5, 5.41) is 0.360. The van der Waals surface area contributed by atoms with E-state index in [1.807, 2.05) is 37.8 Å². The summed E-state index contributed by atoms with van der Waals surface area (Å²) >= 11 is 6.27. The fourth-order valence-electron chi connectivity index (χ4n) is 7.56. The molecular formula is C36H44ClN5O4. The molecule has 0 spiro atoms. The fourth-order valence-corrected chi connectivity index (χ4v) is 7.77. The Morgan fingerprint density at radius 2 is 1.70 bits per heavy atom. The number of hydrogen-bond donors (Lipinski definition) is 0. The van der Waals surface area contributed by atoms with Gasteiger partial charge in [-0.15, -0.1) is 0 Å². The van der Waals surface area contributed by atoms with Crippen LogP contribution in [0.4, 0.5) is 10.5 Å². The molecule has 244 valence electrons. The van der Waals surface area contributed by atoms with Gasteiger partial charge in [0, 0.05) is 43.1 Å². The van der Waals surface area contributed by atoms with E-state index >= 15 is 0 Å². The van der Waals surface area contributed by atoms with Crippen LogP contribution in [0.25, 0.3) is 4.85 Å².